The Morgan fingerprint density at radius 2 is 1.82 bits per heavy atom. The van der Waals surface area contributed by atoms with Crippen LogP contribution in [0, 0.1) is 11.8 Å². The highest BCUT2D eigenvalue weighted by molar-refractivity contribution is 8.02. The van der Waals surface area contributed by atoms with E-state index in [4.69, 9.17) is 16.3 Å². The number of carbonyl (C=O) groups is 3. The highest BCUT2D eigenvalue weighted by Gasteiger charge is 2.71. The predicted octanol–water partition coefficient (Wildman–Crippen LogP) is 4.04. The van der Waals surface area contributed by atoms with Crippen LogP contribution in [0.2, 0.25) is 5.02 Å². The van der Waals surface area contributed by atoms with Gasteiger partial charge in [-0.3, -0.25) is 14.4 Å². The van der Waals surface area contributed by atoms with Crippen molar-refractivity contribution < 1.29 is 24.2 Å². The molecule has 2 aromatic carbocycles. The first-order valence-corrected chi connectivity index (χ1v) is 14.9. The molecule has 6 rings (SSSR count). The molecule has 4 heterocycles. The summed E-state index contributed by atoms with van der Waals surface area (Å²) in [5, 5.41) is 10.9. The number of nitrogens with zero attached hydrogens (tertiary/aromatic N) is 2. The number of carbonyl (C=O) groups excluding carboxylic acids is 3. The zero-order valence-electron chi connectivity index (χ0n) is 21.9. The number of halogens is 1. The summed E-state index contributed by atoms with van der Waals surface area (Å²) in [6, 6.07) is 15.1. The minimum Gasteiger partial charge on any atom is -0.465 e. The van der Waals surface area contributed by atoms with E-state index in [1.165, 1.54) is 11.8 Å². The molecule has 1 unspecified atom stereocenters. The van der Waals surface area contributed by atoms with Crippen molar-refractivity contribution in [3.63, 3.8) is 0 Å². The normalized spacial score (nSPS) is 31.3. The fourth-order valence-corrected chi connectivity index (χ4v) is 8.69. The molecule has 0 saturated carbocycles. The second-order valence-corrected chi connectivity index (χ2v) is 12.6. The predicted molar refractivity (Wildman–Crippen MR) is 155 cm³/mol. The third-order valence-corrected chi connectivity index (χ3v) is 10.3. The Labute approximate surface area is 242 Å². The Morgan fingerprint density at radius 3 is 2.58 bits per heavy atom. The van der Waals surface area contributed by atoms with Crippen LogP contribution in [0.3, 0.4) is 0 Å². The number of esters is 1. The number of amides is 2. The molecule has 2 aromatic rings. The van der Waals surface area contributed by atoms with Gasteiger partial charge in [-0.1, -0.05) is 66.2 Å². The molecule has 2 amide bonds. The first-order chi connectivity index (χ1) is 19.4. The number of benzene rings is 2. The molecule has 6 atom stereocenters. The molecule has 1 N–H and O–H groups in total. The van der Waals surface area contributed by atoms with Crippen LogP contribution in [0.25, 0.3) is 0 Å². The standard InChI is InChI=1S/C31H31ClN2O5S/c32-21-11-13-22(14-12-21)33-16-7-15-31-26(25-24(40-31)10-5-2-6-17-39-30(25)38)28(36)34(27(31)29(33)37)23(19-35)18-20-8-3-1-4-9-20/h1,3-5,7-15,23-27,35H,2,6,16-19H2/b10-5-/t23-,24+,25-,26+,27?,31+/m1/s1. The maximum absolute atomic E-state index is 14.6. The quantitative estimate of drug-likeness (QED) is 0.426. The molecular formula is C31H31ClN2O5S. The lowest BCUT2D eigenvalue weighted by Gasteiger charge is -2.38. The molecule has 9 heteroatoms. The number of aliphatic hydroxyl groups excluding tert-OH is 1. The third-order valence-electron chi connectivity index (χ3n) is 8.35. The Kier molecular flexibility index (Phi) is 7.50. The summed E-state index contributed by atoms with van der Waals surface area (Å²) in [5.74, 6) is -2.46. The summed E-state index contributed by atoms with van der Waals surface area (Å²) >= 11 is 7.63. The van der Waals surface area contributed by atoms with E-state index in [1.54, 1.807) is 34.1 Å². The van der Waals surface area contributed by atoms with Crippen molar-refractivity contribution in [1.82, 2.24) is 4.90 Å². The van der Waals surface area contributed by atoms with Crippen LogP contribution >= 0.6 is 23.4 Å². The van der Waals surface area contributed by atoms with Crippen LogP contribution in [0.15, 0.2) is 78.9 Å². The maximum atomic E-state index is 14.6. The number of thioether (sulfide) groups is 1. The fraction of sp³-hybridized carbons (Fsp3) is 0.387. The molecule has 2 fully saturated rings. The van der Waals surface area contributed by atoms with Crippen molar-refractivity contribution >= 4 is 46.8 Å². The number of ether oxygens (including phenoxy) is 1. The van der Waals surface area contributed by atoms with Crippen molar-refractivity contribution in [2.45, 2.75) is 41.3 Å². The van der Waals surface area contributed by atoms with E-state index in [-0.39, 0.29) is 23.7 Å². The van der Waals surface area contributed by atoms with E-state index in [0.29, 0.717) is 30.3 Å². The number of hydrogen-bond acceptors (Lipinski definition) is 6. The summed E-state index contributed by atoms with van der Waals surface area (Å²) in [7, 11) is 0. The topological polar surface area (TPSA) is 87.2 Å². The van der Waals surface area contributed by atoms with Crippen LogP contribution in [-0.4, -0.2) is 69.6 Å². The van der Waals surface area contributed by atoms with Crippen molar-refractivity contribution in [3.8, 4) is 0 Å². The number of fused-ring (bicyclic) bond motifs is 2. The van der Waals surface area contributed by atoms with Gasteiger partial charge < -0.3 is 19.6 Å². The summed E-state index contributed by atoms with van der Waals surface area (Å²) in [4.78, 5) is 45.8. The van der Waals surface area contributed by atoms with Gasteiger partial charge in [0.2, 0.25) is 5.91 Å². The molecule has 7 nitrogen and oxygen atoms in total. The Morgan fingerprint density at radius 1 is 1.05 bits per heavy atom. The summed E-state index contributed by atoms with van der Waals surface area (Å²) < 4.78 is 4.65. The molecule has 0 aromatic heterocycles. The highest BCUT2D eigenvalue weighted by Crippen LogP contribution is 2.61. The summed E-state index contributed by atoms with van der Waals surface area (Å²) in [6.45, 7) is 0.289. The van der Waals surface area contributed by atoms with Crippen molar-refractivity contribution in [3.05, 3.63) is 89.5 Å². The lowest BCUT2D eigenvalue weighted by molar-refractivity contribution is -0.153. The number of anilines is 1. The van der Waals surface area contributed by atoms with Gasteiger partial charge in [-0.2, -0.15) is 0 Å². The minimum atomic E-state index is -0.989. The largest absolute Gasteiger partial charge is 0.465 e. The molecule has 0 bridgehead atoms. The lowest BCUT2D eigenvalue weighted by Crippen LogP contribution is -2.57. The molecule has 1 spiro atoms. The Balaban J connectivity index is 1.47. The Hall–Kier alpha value is -3.07. The minimum absolute atomic E-state index is 0.244. The number of cyclic esters (lactones) is 1. The smallest absolute Gasteiger partial charge is 0.311 e. The van der Waals surface area contributed by atoms with E-state index in [1.807, 2.05) is 48.6 Å². The maximum Gasteiger partial charge on any atom is 0.311 e. The molecule has 0 radical (unpaired) electrons. The van der Waals surface area contributed by atoms with E-state index in [0.717, 1.165) is 18.4 Å². The van der Waals surface area contributed by atoms with E-state index in [9.17, 15) is 19.5 Å². The average molecular weight is 579 g/mol. The average Bonchev–Trinajstić information content (AvgIpc) is 3.38. The van der Waals surface area contributed by atoms with Crippen LogP contribution in [0.1, 0.15) is 18.4 Å². The molecular weight excluding hydrogens is 548 g/mol. The fourth-order valence-electron chi connectivity index (χ4n) is 6.58. The van der Waals surface area contributed by atoms with Gasteiger partial charge in [0.15, 0.2) is 0 Å². The summed E-state index contributed by atoms with van der Waals surface area (Å²) in [6.07, 6.45) is 9.84. The van der Waals surface area contributed by atoms with Gasteiger partial charge in [0.1, 0.15) is 6.04 Å². The number of rotatable bonds is 5. The molecule has 40 heavy (non-hydrogen) atoms. The van der Waals surface area contributed by atoms with E-state index >= 15 is 0 Å². The molecule has 4 aliphatic rings. The van der Waals surface area contributed by atoms with Crippen molar-refractivity contribution in [2.24, 2.45) is 11.8 Å². The lowest BCUT2D eigenvalue weighted by atomic mass is 9.78. The summed E-state index contributed by atoms with van der Waals surface area (Å²) in [5.41, 5.74) is 1.61. The van der Waals surface area contributed by atoms with Crippen molar-refractivity contribution in [1.29, 1.82) is 0 Å². The number of likely N-dealkylation sites (tertiary alicyclic amines) is 1. The van der Waals surface area contributed by atoms with Crippen LogP contribution in [0.4, 0.5) is 5.69 Å². The van der Waals surface area contributed by atoms with Gasteiger partial charge in [0, 0.05) is 22.5 Å². The van der Waals surface area contributed by atoms with Crippen LogP contribution in [-0.2, 0) is 25.5 Å². The third kappa shape index (κ3) is 4.56. The molecule has 0 aliphatic carbocycles. The number of aliphatic hydroxyl groups is 1. The van der Waals surface area contributed by atoms with Gasteiger partial charge in [0.25, 0.3) is 5.91 Å². The van der Waals surface area contributed by atoms with Gasteiger partial charge in [-0.25, -0.2) is 0 Å². The van der Waals surface area contributed by atoms with Gasteiger partial charge >= 0.3 is 5.97 Å². The number of allylic oxidation sites excluding steroid dienone is 1. The van der Waals surface area contributed by atoms with Crippen molar-refractivity contribution in [2.75, 3.05) is 24.7 Å². The Bertz CT molecular complexity index is 1350. The first-order valence-electron chi connectivity index (χ1n) is 13.7. The zero-order chi connectivity index (χ0) is 27.9. The van der Waals surface area contributed by atoms with Crippen LogP contribution < -0.4 is 4.90 Å². The van der Waals surface area contributed by atoms with Gasteiger partial charge in [0.05, 0.1) is 35.8 Å². The second kappa shape index (κ2) is 11.1. The number of hydrogen-bond donors (Lipinski definition) is 1. The monoisotopic (exact) mass is 578 g/mol. The van der Waals surface area contributed by atoms with Crippen LogP contribution in [0.5, 0.6) is 0 Å². The zero-order valence-corrected chi connectivity index (χ0v) is 23.5. The van der Waals surface area contributed by atoms with Gasteiger partial charge in [-0.15, -0.1) is 11.8 Å². The van der Waals surface area contributed by atoms with E-state index < -0.39 is 34.6 Å². The first kappa shape index (κ1) is 27.1. The van der Waals surface area contributed by atoms with E-state index in [2.05, 4.69) is 6.08 Å². The molecule has 4 aliphatic heterocycles. The molecule has 2 saturated heterocycles. The molecule has 208 valence electrons. The SMILES string of the molecule is O=C1OCCC/C=C\[C@@H]2S[C@]34C=CCN(c5ccc(Cl)cc5)C(=O)C3N([C@@H](CO)Cc3ccccc3)C(=O)[C@@H]4[C@H]12. The van der Waals surface area contributed by atoms with Gasteiger partial charge in [-0.05, 0) is 49.1 Å². The highest BCUT2D eigenvalue weighted by atomic mass is 35.5. The second-order valence-electron chi connectivity index (χ2n) is 10.7.